The summed E-state index contributed by atoms with van der Waals surface area (Å²) in [5.74, 6) is -0.831. The maximum atomic E-state index is 13.8. The summed E-state index contributed by atoms with van der Waals surface area (Å²) >= 11 is 3.16. The maximum Gasteiger partial charge on any atom is 0.229 e. The zero-order valence-electron chi connectivity index (χ0n) is 12.1. The second kappa shape index (κ2) is 6.54. The average Bonchev–Trinajstić information content (AvgIpc) is 3.13. The molecule has 3 rings (SSSR count). The highest BCUT2D eigenvalue weighted by atomic mass is 79.9. The van der Waals surface area contributed by atoms with Gasteiger partial charge in [-0.25, -0.2) is 4.39 Å². The van der Waals surface area contributed by atoms with Gasteiger partial charge in [-0.15, -0.1) is 0 Å². The second-order valence-electron chi connectivity index (χ2n) is 5.37. The molecule has 1 aromatic heterocycles. The van der Waals surface area contributed by atoms with Crippen LogP contribution in [0, 0.1) is 11.7 Å². The fourth-order valence-corrected chi connectivity index (χ4v) is 2.85. The molecule has 0 spiro atoms. The van der Waals surface area contributed by atoms with E-state index in [1.54, 1.807) is 23.1 Å². The molecule has 1 aromatic carbocycles. The minimum atomic E-state index is -0.524. The van der Waals surface area contributed by atoms with Crippen molar-refractivity contribution in [2.45, 2.75) is 13.0 Å². The van der Waals surface area contributed by atoms with Crippen LogP contribution in [-0.2, 0) is 16.1 Å². The van der Waals surface area contributed by atoms with Gasteiger partial charge < -0.3 is 14.6 Å². The molecule has 1 aliphatic heterocycles. The van der Waals surface area contributed by atoms with Crippen molar-refractivity contribution in [1.29, 1.82) is 0 Å². The second-order valence-corrected chi connectivity index (χ2v) is 6.28. The molecule has 0 saturated carbocycles. The first kappa shape index (κ1) is 15.7. The predicted octanol–water partition coefficient (Wildman–Crippen LogP) is 3.17. The molecule has 1 unspecified atom stereocenters. The minimum absolute atomic E-state index is 0.107. The Morgan fingerprint density at radius 1 is 1.43 bits per heavy atom. The van der Waals surface area contributed by atoms with Crippen molar-refractivity contribution in [3.05, 3.63) is 52.6 Å². The molecule has 0 bridgehead atoms. The van der Waals surface area contributed by atoms with Gasteiger partial charge in [-0.3, -0.25) is 9.59 Å². The molecule has 7 heteroatoms. The third-order valence-corrected chi connectivity index (χ3v) is 4.19. The third kappa shape index (κ3) is 3.61. The number of carbonyl (C=O) groups excluding carboxylic acids is 2. The first-order valence-corrected chi connectivity index (χ1v) is 7.88. The number of nitrogens with one attached hydrogen (secondary N) is 1. The lowest BCUT2D eigenvalue weighted by Crippen LogP contribution is -2.28. The lowest BCUT2D eigenvalue weighted by atomic mass is 10.1. The van der Waals surface area contributed by atoms with E-state index in [2.05, 4.69) is 21.2 Å². The molecule has 1 fully saturated rings. The largest absolute Gasteiger partial charge is 0.467 e. The summed E-state index contributed by atoms with van der Waals surface area (Å²) in [7, 11) is 0. The molecular formula is C16H14BrFN2O3. The van der Waals surface area contributed by atoms with Crippen molar-refractivity contribution >= 4 is 33.4 Å². The van der Waals surface area contributed by atoms with Crippen LogP contribution in [0.1, 0.15) is 12.2 Å². The first-order chi connectivity index (χ1) is 11.0. The molecule has 1 saturated heterocycles. The first-order valence-electron chi connectivity index (χ1n) is 7.09. The summed E-state index contributed by atoms with van der Waals surface area (Å²) in [6.07, 6.45) is 1.65. The Labute approximate surface area is 140 Å². The molecule has 120 valence electrons. The quantitative estimate of drug-likeness (QED) is 0.885. The Morgan fingerprint density at radius 2 is 2.26 bits per heavy atom. The lowest BCUT2D eigenvalue weighted by Gasteiger charge is -2.15. The molecule has 2 aromatic rings. The SMILES string of the molecule is O=C(Nc1ccc(Br)cc1F)C1CC(=O)N(Cc2ccco2)C1. The van der Waals surface area contributed by atoms with E-state index in [0.29, 0.717) is 23.3 Å². The van der Waals surface area contributed by atoms with Gasteiger partial charge in [0.25, 0.3) is 0 Å². The van der Waals surface area contributed by atoms with E-state index in [1.165, 1.54) is 18.4 Å². The van der Waals surface area contributed by atoms with Gasteiger partial charge in [-0.05, 0) is 30.3 Å². The monoisotopic (exact) mass is 380 g/mol. The van der Waals surface area contributed by atoms with E-state index >= 15 is 0 Å². The van der Waals surface area contributed by atoms with Crippen LogP contribution in [0.25, 0.3) is 0 Å². The summed E-state index contributed by atoms with van der Waals surface area (Å²) in [5.41, 5.74) is 0.107. The van der Waals surface area contributed by atoms with Crippen LogP contribution < -0.4 is 5.32 Å². The van der Waals surface area contributed by atoms with Crippen LogP contribution >= 0.6 is 15.9 Å². The molecule has 1 aliphatic rings. The van der Waals surface area contributed by atoms with E-state index in [1.807, 2.05) is 0 Å². The van der Waals surface area contributed by atoms with E-state index in [4.69, 9.17) is 4.42 Å². The zero-order valence-corrected chi connectivity index (χ0v) is 13.7. The normalized spacial score (nSPS) is 17.6. The zero-order chi connectivity index (χ0) is 16.4. The predicted molar refractivity (Wildman–Crippen MR) is 85.0 cm³/mol. The van der Waals surface area contributed by atoms with E-state index in [0.717, 1.165) is 0 Å². The van der Waals surface area contributed by atoms with Crippen molar-refractivity contribution < 1.29 is 18.4 Å². The number of benzene rings is 1. The highest BCUT2D eigenvalue weighted by Crippen LogP contribution is 2.24. The number of hydrogen-bond acceptors (Lipinski definition) is 3. The Kier molecular flexibility index (Phi) is 4.47. The average molecular weight is 381 g/mol. The summed E-state index contributed by atoms with van der Waals surface area (Å²) in [6, 6.07) is 7.92. The number of likely N-dealkylation sites (tertiary alicyclic amines) is 1. The van der Waals surface area contributed by atoms with Gasteiger partial charge in [-0.2, -0.15) is 0 Å². The molecule has 23 heavy (non-hydrogen) atoms. The van der Waals surface area contributed by atoms with Crippen molar-refractivity contribution in [3.8, 4) is 0 Å². The number of rotatable bonds is 4. The number of hydrogen-bond donors (Lipinski definition) is 1. The van der Waals surface area contributed by atoms with Gasteiger partial charge in [0.05, 0.1) is 24.4 Å². The number of furan rings is 1. The molecule has 0 aliphatic carbocycles. The summed E-state index contributed by atoms with van der Waals surface area (Å²) < 4.78 is 19.6. The Bertz CT molecular complexity index is 733. The van der Waals surface area contributed by atoms with Crippen LogP contribution in [0.5, 0.6) is 0 Å². The number of carbonyl (C=O) groups is 2. The Morgan fingerprint density at radius 3 is 2.96 bits per heavy atom. The summed E-state index contributed by atoms with van der Waals surface area (Å²) in [4.78, 5) is 25.8. The molecule has 1 atom stereocenters. The highest BCUT2D eigenvalue weighted by Gasteiger charge is 2.34. The molecule has 0 radical (unpaired) electrons. The number of nitrogens with zero attached hydrogens (tertiary/aromatic N) is 1. The van der Waals surface area contributed by atoms with Gasteiger partial charge in [0, 0.05) is 17.4 Å². The van der Waals surface area contributed by atoms with Gasteiger partial charge in [0.1, 0.15) is 11.6 Å². The van der Waals surface area contributed by atoms with Crippen LogP contribution in [0.15, 0.2) is 45.5 Å². The van der Waals surface area contributed by atoms with E-state index < -0.39 is 11.7 Å². The molecule has 2 amide bonds. The van der Waals surface area contributed by atoms with E-state index in [9.17, 15) is 14.0 Å². The third-order valence-electron chi connectivity index (χ3n) is 3.70. The van der Waals surface area contributed by atoms with Crippen LogP contribution in [0.4, 0.5) is 10.1 Å². The number of anilines is 1. The molecule has 5 nitrogen and oxygen atoms in total. The fraction of sp³-hybridized carbons (Fsp3) is 0.250. The number of amides is 2. The smallest absolute Gasteiger partial charge is 0.229 e. The Balaban J connectivity index is 1.63. The van der Waals surface area contributed by atoms with Crippen molar-refractivity contribution in [2.75, 3.05) is 11.9 Å². The standard InChI is InChI=1S/C16H14BrFN2O3/c17-11-3-4-14(13(18)7-11)19-16(22)10-6-15(21)20(8-10)9-12-2-1-5-23-12/h1-5,7,10H,6,8-9H2,(H,19,22). The number of halogens is 2. The van der Waals surface area contributed by atoms with E-state index in [-0.39, 0.29) is 23.9 Å². The molecular weight excluding hydrogens is 367 g/mol. The fourth-order valence-electron chi connectivity index (χ4n) is 2.52. The van der Waals surface area contributed by atoms with Crippen molar-refractivity contribution in [2.24, 2.45) is 5.92 Å². The van der Waals surface area contributed by atoms with Crippen LogP contribution in [0.2, 0.25) is 0 Å². The summed E-state index contributed by atoms with van der Waals surface area (Å²) in [6.45, 7) is 0.631. The van der Waals surface area contributed by atoms with Crippen LogP contribution in [-0.4, -0.2) is 23.3 Å². The molecule has 2 heterocycles. The highest BCUT2D eigenvalue weighted by molar-refractivity contribution is 9.10. The topological polar surface area (TPSA) is 62.6 Å². The maximum absolute atomic E-state index is 13.8. The van der Waals surface area contributed by atoms with Crippen molar-refractivity contribution in [1.82, 2.24) is 4.90 Å². The van der Waals surface area contributed by atoms with Crippen molar-refractivity contribution in [3.63, 3.8) is 0 Å². The van der Waals surface area contributed by atoms with Gasteiger partial charge in [-0.1, -0.05) is 15.9 Å². The van der Waals surface area contributed by atoms with Crippen LogP contribution in [0.3, 0.4) is 0 Å². The minimum Gasteiger partial charge on any atom is -0.467 e. The van der Waals surface area contributed by atoms with Gasteiger partial charge in [0.15, 0.2) is 0 Å². The Hall–Kier alpha value is -2.15. The lowest BCUT2D eigenvalue weighted by molar-refractivity contribution is -0.128. The molecule has 1 N–H and O–H groups in total. The van der Waals surface area contributed by atoms with Gasteiger partial charge in [0.2, 0.25) is 11.8 Å². The van der Waals surface area contributed by atoms with Gasteiger partial charge >= 0.3 is 0 Å². The summed E-state index contributed by atoms with van der Waals surface area (Å²) in [5, 5.41) is 2.54.